The molecule has 0 unspecified atom stereocenters. The van der Waals surface area contributed by atoms with Gasteiger partial charge in [0, 0.05) is 12.5 Å². The lowest BCUT2D eigenvalue weighted by Crippen LogP contribution is -2.36. The maximum absolute atomic E-state index is 2.64. The Morgan fingerprint density at radius 3 is 1.79 bits per heavy atom. The fraction of sp³-hybridized carbons (Fsp3) is 0.286. The molecular formula is C28H31N. The van der Waals surface area contributed by atoms with Gasteiger partial charge in [-0.15, -0.1) is 0 Å². The first-order valence-corrected chi connectivity index (χ1v) is 10.9. The molecule has 1 aliphatic rings. The van der Waals surface area contributed by atoms with Crippen LogP contribution < -0.4 is 0 Å². The summed E-state index contributed by atoms with van der Waals surface area (Å²) in [5, 5.41) is 0. The molecule has 0 aliphatic carbocycles. The zero-order valence-electron chi connectivity index (χ0n) is 17.2. The van der Waals surface area contributed by atoms with Crippen LogP contribution in [-0.2, 0) is 0 Å². The molecule has 1 heteroatoms. The summed E-state index contributed by atoms with van der Waals surface area (Å²) in [5.41, 5.74) is 4.21. The Morgan fingerprint density at radius 2 is 1.24 bits per heavy atom. The summed E-state index contributed by atoms with van der Waals surface area (Å²) in [5.74, 6) is 1.23. The maximum Gasteiger partial charge on any atom is 0.0119 e. The Morgan fingerprint density at radius 1 is 0.724 bits per heavy atom. The highest BCUT2D eigenvalue weighted by molar-refractivity contribution is 5.48. The molecule has 0 radical (unpaired) electrons. The second kappa shape index (κ2) is 10.2. The molecule has 1 heterocycles. The fourth-order valence-electron chi connectivity index (χ4n) is 4.61. The van der Waals surface area contributed by atoms with Crippen LogP contribution >= 0.6 is 0 Å². The van der Waals surface area contributed by atoms with Gasteiger partial charge in [-0.25, -0.2) is 0 Å². The molecule has 0 amide bonds. The van der Waals surface area contributed by atoms with Gasteiger partial charge in [-0.2, -0.15) is 0 Å². The SMILES string of the molecule is C(=C\c1ccccc1)/CCN1CCC(C(c2ccccc2)c2ccccc2)CC1. The predicted octanol–water partition coefficient (Wildman–Crippen LogP) is 6.63. The van der Waals surface area contributed by atoms with Gasteiger partial charge in [0.1, 0.15) is 0 Å². The third kappa shape index (κ3) is 5.46. The Labute approximate surface area is 175 Å². The summed E-state index contributed by atoms with van der Waals surface area (Å²) in [6.45, 7) is 3.58. The first kappa shape index (κ1) is 19.7. The summed E-state index contributed by atoms with van der Waals surface area (Å²) in [6, 6.07) is 32.8. The van der Waals surface area contributed by atoms with E-state index in [0.29, 0.717) is 5.92 Å². The second-order valence-corrected chi connectivity index (χ2v) is 8.08. The van der Waals surface area contributed by atoms with Crippen LogP contribution in [0, 0.1) is 5.92 Å². The average Bonchev–Trinajstić information content (AvgIpc) is 2.80. The molecule has 3 aromatic carbocycles. The van der Waals surface area contributed by atoms with Crippen LogP contribution in [0.25, 0.3) is 6.08 Å². The highest BCUT2D eigenvalue weighted by Crippen LogP contribution is 2.37. The molecule has 148 valence electrons. The van der Waals surface area contributed by atoms with Crippen LogP contribution in [0.1, 0.15) is 41.9 Å². The minimum atomic E-state index is 0.512. The van der Waals surface area contributed by atoms with E-state index >= 15 is 0 Å². The zero-order chi connectivity index (χ0) is 19.7. The molecule has 0 saturated carbocycles. The molecule has 1 aliphatic heterocycles. The van der Waals surface area contributed by atoms with E-state index in [-0.39, 0.29) is 0 Å². The van der Waals surface area contributed by atoms with Gasteiger partial charge in [-0.05, 0) is 55.0 Å². The van der Waals surface area contributed by atoms with Gasteiger partial charge >= 0.3 is 0 Å². The van der Waals surface area contributed by atoms with Crippen LogP contribution in [0.5, 0.6) is 0 Å². The van der Waals surface area contributed by atoms with Gasteiger partial charge in [-0.1, -0.05) is 103 Å². The molecule has 4 rings (SSSR count). The molecule has 1 saturated heterocycles. The van der Waals surface area contributed by atoms with E-state index in [9.17, 15) is 0 Å². The van der Waals surface area contributed by atoms with Crippen LogP contribution in [0.15, 0.2) is 97.1 Å². The van der Waals surface area contributed by atoms with Gasteiger partial charge in [-0.3, -0.25) is 0 Å². The molecule has 0 atom stereocenters. The lowest BCUT2D eigenvalue weighted by atomic mass is 9.76. The summed E-state index contributed by atoms with van der Waals surface area (Å²) in [4.78, 5) is 2.64. The van der Waals surface area contributed by atoms with E-state index in [0.717, 1.165) is 18.9 Å². The topological polar surface area (TPSA) is 3.24 Å². The third-order valence-corrected chi connectivity index (χ3v) is 6.14. The van der Waals surface area contributed by atoms with E-state index < -0.39 is 0 Å². The Balaban J connectivity index is 1.34. The van der Waals surface area contributed by atoms with Gasteiger partial charge in [0.25, 0.3) is 0 Å². The lowest BCUT2D eigenvalue weighted by Gasteiger charge is -2.36. The highest BCUT2D eigenvalue weighted by Gasteiger charge is 2.28. The zero-order valence-corrected chi connectivity index (χ0v) is 17.2. The van der Waals surface area contributed by atoms with E-state index in [1.807, 2.05) is 0 Å². The van der Waals surface area contributed by atoms with E-state index in [2.05, 4.69) is 108 Å². The first-order chi connectivity index (χ1) is 14.4. The number of likely N-dealkylation sites (tertiary alicyclic amines) is 1. The third-order valence-electron chi connectivity index (χ3n) is 6.14. The van der Waals surface area contributed by atoms with Crippen LogP contribution in [-0.4, -0.2) is 24.5 Å². The molecule has 0 N–H and O–H groups in total. The Kier molecular flexibility index (Phi) is 6.94. The van der Waals surface area contributed by atoms with Crippen molar-refractivity contribution in [3.8, 4) is 0 Å². The predicted molar refractivity (Wildman–Crippen MR) is 124 cm³/mol. The van der Waals surface area contributed by atoms with Crippen LogP contribution in [0.2, 0.25) is 0 Å². The van der Waals surface area contributed by atoms with Crippen molar-refractivity contribution >= 4 is 6.08 Å². The molecule has 29 heavy (non-hydrogen) atoms. The number of hydrogen-bond acceptors (Lipinski definition) is 1. The fourth-order valence-corrected chi connectivity index (χ4v) is 4.61. The molecule has 0 spiro atoms. The Bertz CT molecular complexity index is 822. The minimum absolute atomic E-state index is 0.512. The van der Waals surface area contributed by atoms with Gasteiger partial charge in [0.05, 0.1) is 0 Å². The van der Waals surface area contributed by atoms with Gasteiger partial charge in [0.2, 0.25) is 0 Å². The summed E-state index contributed by atoms with van der Waals surface area (Å²) in [6.07, 6.45) is 8.24. The first-order valence-electron chi connectivity index (χ1n) is 10.9. The number of nitrogens with zero attached hydrogens (tertiary/aromatic N) is 1. The highest BCUT2D eigenvalue weighted by atomic mass is 15.1. The average molecular weight is 382 g/mol. The second-order valence-electron chi connectivity index (χ2n) is 8.08. The summed E-state index contributed by atoms with van der Waals surface area (Å²) < 4.78 is 0. The van der Waals surface area contributed by atoms with E-state index in [1.165, 1.54) is 42.6 Å². The number of hydrogen-bond donors (Lipinski definition) is 0. The summed E-state index contributed by atoms with van der Waals surface area (Å²) in [7, 11) is 0. The molecule has 1 nitrogen and oxygen atoms in total. The molecular weight excluding hydrogens is 350 g/mol. The molecule has 1 fully saturated rings. The van der Waals surface area contributed by atoms with E-state index in [1.54, 1.807) is 0 Å². The van der Waals surface area contributed by atoms with Crippen molar-refractivity contribution in [3.63, 3.8) is 0 Å². The van der Waals surface area contributed by atoms with Crippen molar-refractivity contribution in [2.24, 2.45) is 5.92 Å². The van der Waals surface area contributed by atoms with Crippen molar-refractivity contribution in [3.05, 3.63) is 114 Å². The minimum Gasteiger partial charge on any atom is -0.303 e. The monoisotopic (exact) mass is 381 g/mol. The normalized spacial score (nSPS) is 15.9. The van der Waals surface area contributed by atoms with Gasteiger partial charge in [0.15, 0.2) is 0 Å². The maximum atomic E-state index is 2.64. The largest absolute Gasteiger partial charge is 0.303 e. The standard InChI is InChI=1S/C28H31N/c1-4-12-24(13-5-1)14-10-11-21-29-22-19-27(20-23-29)28(25-15-6-2-7-16-25)26-17-8-3-9-18-26/h1-10,12-18,27-28H,11,19-23H2/b14-10+. The number of piperidine rings is 1. The van der Waals surface area contributed by atoms with Crippen molar-refractivity contribution in [1.82, 2.24) is 4.90 Å². The molecule has 0 bridgehead atoms. The van der Waals surface area contributed by atoms with Crippen molar-refractivity contribution < 1.29 is 0 Å². The number of benzene rings is 3. The van der Waals surface area contributed by atoms with Crippen molar-refractivity contribution in [2.45, 2.75) is 25.2 Å². The van der Waals surface area contributed by atoms with Crippen molar-refractivity contribution in [2.75, 3.05) is 19.6 Å². The Hall–Kier alpha value is -2.64. The number of rotatable bonds is 7. The molecule has 3 aromatic rings. The quantitative estimate of drug-likeness (QED) is 0.444. The van der Waals surface area contributed by atoms with Crippen LogP contribution in [0.3, 0.4) is 0 Å². The lowest BCUT2D eigenvalue weighted by molar-refractivity contribution is 0.178. The van der Waals surface area contributed by atoms with Crippen LogP contribution in [0.4, 0.5) is 0 Å². The van der Waals surface area contributed by atoms with E-state index in [4.69, 9.17) is 0 Å². The van der Waals surface area contributed by atoms with Crippen molar-refractivity contribution in [1.29, 1.82) is 0 Å². The summed E-state index contributed by atoms with van der Waals surface area (Å²) >= 11 is 0. The van der Waals surface area contributed by atoms with Gasteiger partial charge < -0.3 is 4.90 Å². The smallest absolute Gasteiger partial charge is 0.0119 e. The molecule has 0 aromatic heterocycles.